The van der Waals surface area contributed by atoms with Gasteiger partial charge in [-0.3, -0.25) is 0 Å². The van der Waals surface area contributed by atoms with Crippen molar-refractivity contribution in [2.24, 2.45) is 0 Å². The van der Waals surface area contributed by atoms with Crippen LogP contribution in [0.1, 0.15) is 29.7 Å². The van der Waals surface area contributed by atoms with Gasteiger partial charge in [0.05, 0.1) is 6.04 Å². The van der Waals surface area contributed by atoms with E-state index in [4.69, 9.17) is 0 Å². The molecule has 0 fully saturated rings. The molecule has 3 heteroatoms. The van der Waals surface area contributed by atoms with Crippen molar-refractivity contribution in [2.75, 3.05) is 6.54 Å². The number of hydrogen-bond acceptors (Lipinski definition) is 1. The highest BCUT2D eigenvalue weighted by atomic mass is 79.9. The first kappa shape index (κ1) is 14.2. The molecule has 0 radical (unpaired) electrons. The molecule has 1 atom stereocenters. The quantitative estimate of drug-likeness (QED) is 0.868. The zero-order valence-electron chi connectivity index (χ0n) is 11.1. The van der Waals surface area contributed by atoms with Crippen LogP contribution in [-0.2, 0) is 0 Å². The Kier molecular flexibility index (Phi) is 4.72. The van der Waals surface area contributed by atoms with Crippen molar-refractivity contribution in [2.45, 2.75) is 19.9 Å². The SMILES string of the molecule is CCNC(c1ccc(Br)c(C)c1)c1ccccc1F. The maximum Gasteiger partial charge on any atom is 0.128 e. The van der Waals surface area contributed by atoms with Gasteiger partial charge in [0.2, 0.25) is 0 Å². The molecule has 0 aromatic heterocycles. The van der Waals surface area contributed by atoms with Crippen LogP contribution in [0.4, 0.5) is 4.39 Å². The summed E-state index contributed by atoms with van der Waals surface area (Å²) < 4.78 is 15.0. The van der Waals surface area contributed by atoms with E-state index in [2.05, 4.69) is 27.3 Å². The van der Waals surface area contributed by atoms with Gasteiger partial charge in [-0.15, -0.1) is 0 Å². The summed E-state index contributed by atoms with van der Waals surface area (Å²) in [6.45, 7) is 4.85. The van der Waals surface area contributed by atoms with Gasteiger partial charge in [0.1, 0.15) is 5.82 Å². The van der Waals surface area contributed by atoms with Crippen LogP contribution in [0.25, 0.3) is 0 Å². The molecular weight excluding hydrogens is 305 g/mol. The first-order chi connectivity index (χ1) is 9.13. The number of hydrogen-bond donors (Lipinski definition) is 1. The topological polar surface area (TPSA) is 12.0 Å². The molecule has 0 aliphatic heterocycles. The molecule has 0 heterocycles. The Balaban J connectivity index is 2.45. The van der Waals surface area contributed by atoms with Gasteiger partial charge in [0.15, 0.2) is 0 Å². The standard InChI is InChI=1S/C16H17BrFN/c1-3-19-16(13-6-4-5-7-15(13)18)12-8-9-14(17)11(2)10-12/h4-10,16,19H,3H2,1-2H3. The fraction of sp³-hybridized carbons (Fsp3) is 0.250. The van der Waals surface area contributed by atoms with Crippen LogP contribution in [-0.4, -0.2) is 6.54 Å². The molecule has 2 aromatic carbocycles. The lowest BCUT2D eigenvalue weighted by atomic mass is 9.97. The second-order valence-corrected chi connectivity index (χ2v) is 5.38. The van der Waals surface area contributed by atoms with Crippen LogP contribution in [0.15, 0.2) is 46.9 Å². The molecule has 19 heavy (non-hydrogen) atoms. The van der Waals surface area contributed by atoms with E-state index in [0.29, 0.717) is 5.56 Å². The molecule has 0 aliphatic carbocycles. The van der Waals surface area contributed by atoms with Crippen molar-refractivity contribution in [3.8, 4) is 0 Å². The smallest absolute Gasteiger partial charge is 0.128 e. The summed E-state index contributed by atoms with van der Waals surface area (Å²) in [5.41, 5.74) is 2.91. The van der Waals surface area contributed by atoms with Crippen LogP contribution >= 0.6 is 15.9 Å². The molecular formula is C16H17BrFN. The molecule has 2 aromatic rings. The Morgan fingerprint density at radius 1 is 1.21 bits per heavy atom. The Morgan fingerprint density at radius 2 is 1.95 bits per heavy atom. The summed E-state index contributed by atoms with van der Waals surface area (Å²) in [7, 11) is 0. The van der Waals surface area contributed by atoms with Gasteiger partial charge in [-0.25, -0.2) is 4.39 Å². The minimum Gasteiger partial charge on any atom is -0.306 e. The van der Waals surface area contributed by atoms with Crippen LogP contribution in [0.3, 0.4) is 0 Å². The van der Waals surface area contributed by atoms with Crippen molar-refractivity contribution >= 4 is 15.9 Å². The molecule has 100 valence electrons. The molecule has 0 saturated carbocycles. The van der Waals surface area contributed by atoms with Crippen molar-refractivity contribution in [1.82, 2.24) is 5.32 Å². The third kappa shape index (κ3) is 3.23. The number of rotatable bonds is 4. The Labute approximate surface area is 122 Å². The monoisotopic (exact) mass is 321 g/mol. The number of nitrogens with one attached hydrogen (secondary N) is 1. The molecule has 0 spiro atoms. The Morgan fingerprint density at radius 3 is 2.58 bits per heavy atom. The van der Waals surface area contributed by atoms with Gasteiger partial charge in [0.25, 0.3) is 0 Å². The lowest BCUT2D eigenvalue weighted by Crippen LogP contribution is -2.23. The minimum absolute atomic E-state index is 0.113. The van der Waals surface area contributed by atoms with Crippen molar-refractivity contribution < 1.29 is 4.39 Å². The van der Waals surface area contributed by atoms with E-state index < -0.39 is 0 Å². The minimum atomic E-state index is -0.172. The summed E-state index contributed by atoms with van der Waals surface area (Å²) in [6, 6.07) is 12.9. The lowest BCUT2D eigenvalue weighted by molar-refractivity contribution is 0.559. The van der Waals surface area contributed by atoms with Crippen molar-refractivity contribution in [3.63, 3.8) is 0 Å². The van der Waals surface area contributed by atoms with Gasteiger partial charge in [-0.1, -0.05) is 53.2 Å². The summed E-state index contributed by atoms with van der Waals surface area (Å²) in [4.78, 5) is 0. The second kappa shape index (κ2) is 6.31. The maximum atomic E-state index is 14.0. The summed E-state index contributed by atoms with van der Waals surface area (Å²) in [6.07, 6.45) is 0. The van der Waals surface area contributed by atoms with Gasteiger partial charge in [-0.2, -0.15) is 0 Å². The van der Waals surface area contributed by atoms with E-state index in [1.54, 1.807) is 6.07 Å². The van der Waals surface area contributed by atoms with E-state index in [-0.39, 0.29) is 11.9 Å². The third-order valence-corrected chi connectivity index (χ3v) is 4.03. The highest BCUT2D eigenvalue weighted by Crippen LogP contribution is 2.27. The third-order valence-electron chi connectivity index (χ3n) is 3.14. The molecule has 1 N–H and O–H groups in total. The van der Waals surface area contributed by atoms with Gasteiger partial charge < -0.3 is 5.32 Å². The van der Waals surface area contributed by atoms with E-state index in [9.17, 15) is 4.39 Å². The normalized spacial score (nSPS) is 12.4. The fourth-order valence-corrected chi connectivity index (χ4v) is 2.41. The first-order valence-electron chi connectivity index (χ1n) is 6.37. The number of halogens is 2. The molecule has 2 rings (SSSR count). The zero-order chi connectivity index (χ0) is 13.8. The van der Waals surface area contributed by atoms with Gasteiger partial charge >= 0.3 is 0 Å². The van der Waals surface area contributed by atoms with Crippen molar-refractivity contribution in [3.05, 3.63) is 69.4 Å². The average Bonchev–Trinajstić information content (AvgIpc) is 2.40. The highest BCUT2D eigenvalue weighted by molar-refractivity contribution is 9.10. The molecule has 0 saturated heterocycles. The molecule has 0 bridgehead atoms. The zero-order valence-corrected chi connectivity index (χ0v) is 12.7. The van der Waals surface area contributed by atoms with E-state index in [1.165, 1.54) is 6.07 Å². The van der Waals surface area contributed by atoms with E-state index in [0.717, 1.165) is 22.1 Å². The Hall–Kier alpha value is -1.19. The van der Waals surface area contributed by atoms with Gasteiger partial charge in [0, 0.05) is 10.0 Å². The molecule has 1 nitrogen and oxygen atoms in total. The average molecular weight is 322 g/mol. The second-order valence-electron chi connectivity index (χ2n) is 4.52. The van der Waals surface area contributed by atoms with Crippen LogP contribution in [0, 0.1) is 12.7 Å². The van der Waals surface area contributed by atoms with E-state index in [1.807, 2.05) is 38.1 Å². The van der Waals surface area contributed by atoms with Gasteiger partial charge in [-0.05, 0) is 36.7 Å². The molecule has 1 unspecified atom stereocenters. The predicted molar refractivity (Wildman–Crippen MR) is 80.8 cm³/mol. The van der Waals surface area contributed by atoms with E-state index >= 15 is 0 Å². The molecule has 0 aliphatic rings. The van der Waals surface area contributed by atoms with Crippen LogP contribution in [0.5, 0.6) is 0 Å². The largest absolute Gasteiger partial charge is 0.306 e. The lowest BCUT2D eigenvalue weighted by Gasteiger charge is -2.20. The van der Waals surface area contributed by atoms with Crippen molar-refractivity contribution in [1.29, 1.82) is 0 Å². The summed E-state index contributed by atoms with van der Waals surface area (Å²) in [5, 5.41) is 3.35. The number of aryl methyl sites for hydroxylation is 1. The molecule has 0 amide bonds. The van der Waals surface area contributed by atoms with Crippen LogP contribution in [0.2, 0.25) is 0 Å². The first-order valence-corrected chi connectivity index (χ1v) is 7.16. The highest BCUT2D eigenvalue weighted by Gasteiger charge is 2.16. The predicted octanol–water partition coefficient (Wildman–Crippen LogP) is 4.60. The Bertz CT molecular complexity index is 568. The summed E-state index contributed by atoms with van der Waals surface area (Å²) >= 11 is 3.49. The number of benzene rings is 2. The fourth-order valence-electron chi connectivity index (χ4n) is 2.17. The van der Waals surface area contributed by atoms with Crippen LogP contribution < -0.4 is 5.32 Å². The summed E-state index contributed by atoms with van der Waals surface area (Å²) in [5.74, 6) is -0.172. The maximum absolute atomic E-state index is 14.0.